The zero-order valence-corrected chi connectivity index (χ0v) is 8.55. The van der Waals surface area contributed by atoms with E-state index in [9.17, 15) is 0 Å². The van der Waals surface area contributed by atoms with E-state index in [1.165, 1.54) is 7.11 Å². The van der Waals surface area contributed by atoms with Crippen molar-refractivity contribution >= 4 is 28.4 Å². The molecule has 0 aliphatic heterocycles. The van der Waals surface area contributed by atoms with Gasteiger partial charge in [0.25, 0.3) is 0 Å². The molecule has 0 unspecified atom stereocenters. The number of nitrogen functional groups attached to an aromatic ring is 1. The predicted octanol–water partition coefficient (Wildman–Crippen LogP) is 2.38. The topological polar surface area (TPSA) is 61.3 Å². The van der Waals surface area contributed by atoms with E-state index in [1.807, 2.05) is 0 Å². The van der Waals surface area contributed by atoms with Gasteiger partial charge >= 0.3 is 0 Å². The van der Waals surface area contributed by atoms with Crippen molar-refractivity contribution in [1.82, 2.24) is 4.98 Å². The van der Waals surface area contributed by atoms with Gasteiger partial charge in [0.05, 0.1) is 17.8 Å². The maximum absolute atomic E-state index is 5.89. The SMILES string of the molecule is COc1c(N)c(Cl)cc2nc(C)oc12. The number of halogens is 1. The van der Waals surface area contributed by atoms with E-state index in [-0.39, 0.29) is 0 Å². The summed E-state index contributed by atoms with van der Waals surface area (Å²) in [5.41, 5.74) is 7.28. The van der Waals surface area contributed by atoms with Crippen molar-refractivity contribution in [1.29, 1.82) is 0 Å². The molecular formula is C9H9ClN2O2. The lowest BCUT2D eigenvalue weighted by atomic mass is 10.2. The normalized spacial score (nSPS) is 10.8. The third-order valence-corrected chi connectivity index (χ3v) is 2.25. The largest absolute Gasteiger partial charge is 0.491 e. The van der Waals surface area contributed by atoms with E-state index in [4.69, 9.17) is 26.5 Å². The first-order valence-electron chi connectivity index (χ1n) is 4.02. The van der Waals surface area contributed by atoms with Crippen LogP contribution in [0.2, 0.25) is 5.02 Å². The number of nitrogens with two attached hydrogens (primary N) is 1. The highest BCUT2D eigenvalue weighted by molar-refractivity contribution is 6.34. The lowest BCUT2D eigenvalue weighted by Gasteiger charge is -2.05. The number of anilines is 1. The van der Waals surface area contributed by atoms with Gasteiger partial charge in [-0.15, -0.1) is 0 Å². The lowest BCUT2D eigenvalue weighted by molar-refractivity contribution is 0.410. The second-order valence-corrected chi connectivity index (χ2v) is 3.29. The first-order valence-corrected chi connectivity index (χ1v) is 4.40. The van der Waals surface area contributed by atoms with Gasteiger partial charge in [-0.2, -0.15) is 0 Å². The highest BCUT2D eigenvalue weighted by atomic mass is 35.5. The molecule has 0 saturated carbocycles. The Morgan fingerprint density at radius 3 is 2.93 bits per heavy atom. The van der Waals surface area contributed by atoms with Crippen LogP contribution in [0.3, 0.4) is 0 Å². The van der Waals surface area contributed by atoms with Gasteiger partial charge in [0.1, 0.15) is 5.52 Å². The molecule has 2 aromatic rings. The summed E-state index contributed by atoms with van der Waals surface area (Å²) in [6.45, 7) is 1.75. The highest BCUT2D eigenvalue weighted by Gasteiger charge is 2.15. The van der Waals surface area contributed by atoms with E-state index >= 15 is 0 Å². The zero-order chi connectivity index (χ0) is 10.3. The van der Waals surface area contributed by atoms with Crippen LogP contribution in [0.15, 0.2) is 10.5 Å². The number of aromatic nitrogens is 1. The summed E-state index contributed by atoms with van der Waals surface area (Å²) in [7, 11) is 1.51. The number of oxazole rings is 1. The number of fused-ring (bicyclic) bond motifs is 1. The molecule has 0 radical (unpaired) electrons. The van der Waals surface area contributed by atoms with Gasteiger partial charge in [0.15, 0.2) is 17.2 Å². The molecule has 0 bridgehead atoms. The van der Waals surface area contributed by atoms with Gasteiger partial charge in [0.2, 0.25) is 0 Å². The first-order chi connectivity index (χ1) is 6.63. The Morgan fingerprint density at radius 1 is 1.57 bits per heavy atom. The maximum Gasteiger partial charge on any atom is 0.198 e. The van der Waals surface area contributed by atoms with Crippen LogP contribution in [-0.2, 0) is 0 Å². The van der Waals surface area contributed by atoms with Gasteiger partial charge in [-0.05, 0) is 6.07 Å². The minimum absolute atomic E-state index is 0.373. The first kappa shape index (κ1) is 9.15. The van der Waals surface area contributed by atoms with Crippen LogP contribution in [0.25, 0.3) is 11.1 Å². The smallest absolute Gasteiger partial charge is 0.198 e. The number of ether oxygens (including phenoxy) is 1. The number of methoxy groups -OCH3 is 1. The molecule has 2 N–H and O–H groups in total. The molecule has 0 aliphatic rings. The molecule has 0 saturated heterocycles. The zero-order valence-electron chi connectivity index (χ0n) is 7.80. The molecule has 0 atom stereocenters. The van der Waals surface area contributed by atoms with Crippen molar-refractivity contribution in [3.63, 3.8) is 0 Å². The molecule has 74 valence electrons. The second-order valence-electron chi connectivity index (χ2n) is 2.89. The minimum Gasteiger partial charge on any atom is -0.491 e. The number of hydrogen-bond acceptors (Lipinski definition) is 4. The van der Waals surface area contributed by atoms with Crippen molar-refractivity contribution in [3.05, 3.63) is 17.0 Å². The fourth-order valence-corrected chi connectivity index (χ4v) is 1.52. The van der Waals surface area contributed by atoms with Crippen LogP contribution >= 0.6 is 11.6 Å². The van der Waals surface area contributed by atoms with Gasteiger partial charge in [0, 0.05) is 6.92 Å². The Morgan fingerprint density at radius 2 is 2.29 bits per heavy atom. The van der Waals surface area contributed by atoms with Gasteiger partial charge in [-0.1, -0.05) is 11.6 Å². The van der Waals surface area contributed by atoms with Crippen molar-refractivity contribution in [2.24, 2.45) is 0 Å². The van der Waals surface area contributed by atoms with Crippen LogP contribution in [0.5, 0.6) is 5.75 Å². The molecule has 0 spiro atoms. The van der Waals surface area contributed by atoms with Crippen LogP contribution in [0.4, 0.5) is 5.69 Å². The Kier molecular flexibility index (Phi) is 2.00. The Balaban J connectivity index is 2.87. The predicted molar refractivity (Wildman–Crippen MR) is 54.7 cm³/mol. The molecule has 4 nitrogen and oxygen atoms in total. The Labute approximate surface area is 85.6 Å². The lowest BCUT2D eigenvalue weighted by Crippen LogP contribution is -1.93. The van der Waals surface area contributed by atoms with Crippen LogP contribution < -0.4 is 10.5 Å². The summed E-state index contributed by atoms with van der Waals surface area (Å²) >= 11 is 5.89. The average molecular weight is 213 g/mol. The number of benzene rings is 1. The highest BCUT2D eigenvalue weighted by Crippen LogP contribution is 2.37. The minimum atomic E-state index is 0.373. The number of nitrogens with zero attached hydrogens (tertiary/aromatic N) is 1. The number of hydrogen-bond donors (Lipinski definition) is 1. The Bertz CT molecular complexity index is 493. The van der Waals surface area contributed by atoms with E-state index in [0.29, 0.717) is 33.4 Å². The third kappa shape index (κ3) is 1.19. The van der Waals surface area contributed by atoms with Crippen LogP contribution in [-0.4, -0.2) is 12.1 Å². The van der Waals surface area contributed by atoms with Gasteiger partial charge in [-0.25, -0.2) is 4.98 Å². The summed E-state index contributed by atoms with van der Waals surface area (Å²) in [5.74, 6) is 0.994. The van der Waals surface area contributed by atoms with Crippen molar-refractivity contribution in [3.8, 4) is 5.75 Å². The molecule has 5 heteroatoms. The summed E-state index contributed by atoms with van der Waals surface area (Å²) in [5, 5.41) is 0.419. The van der Waals surface area contributed by atoms with Crippen molar-refractivity contribution in [2.45, 2.75) is 6.92 Å². The number of rotatable bonds is 1. The molecule has 1 aromatic carbocycles. The molecule has 2 rings (SSSR count). The van der Waals surface area contributed by atoms with E-state index in [0.717, 1.165) is 0 Å². The van der Waals surface area contributed by atoms with Crippen LogP contribution in [0.1, 0.15) is 5.89 Å². The van der Waals surface area contributed by atoms with Crippen molar-refractivity contribution in [2.75, 3.05) is 12.8 Å². The number of aryl methyl sites for hydroxylation is 1. The molecule has 1 heterocycles. The molecule has 0 aliphatic carbocycles. The third-order valence-electron chi connectivity index (χ3n) is 1.94. The fraction of sp³-hybridized carbons (Fsp3) is 0.222. The van der Waals surface area contributed by atoms with Gasteiger partial charge < -0.3 is 14.9 Å². The molecule has 1 aromatic heterocycles. The molecule has 0 fully saturated rings. The molecule has 0 amide bonds. The summed E-state index contributed by atoms with van der Waals surface area (Å²) in [6, 6.07) is 1.66. The summed E-state index contributed by atoms with van der Waals surface area (Å²) in [6.07, 6.45) is 0. The van der Waals surface area contributed by atoms with E-state index in [2.05, 4.69) is 4.98 Å². The summed E-state index contributed by atoms with van der Waals surface area (Å²) < 4.78 is 10.5. The molecular weight excluding hydrogens is 204 g/mol. The maximum atomic E-state index is 5.89. The standard InChI is InChI=1S/C9H9ClN2O2/c1-4-12-6-3-5(10)7(11)9(13-2)8(6)14-4/h3H,11H2,1-2H3. The molecule has 14 heavy (non-hydrogen) atoms. The van der Waals surface area contributed by atoms with Crippen LogP contribution in [0, 0.1) is 6.92 Å². The van der Waals surface area contributed by atoms with E-state index in [1.54, 1.807) is 13.0 Å². The van der Waals surface area contributed by atoms with Gasteiger partial charge in [-0.3, -0.25) is 0 Å². The quantitative estimate of drug-likeness (QED) is 0.738. The fourth-order valence-electron chi connectivity index (χ4n) is 1.33. The summed E-state index contributed by atoms with van der Waals surface area (Å²) in [4.78, 5) is 4.14. The average Bonchev–Trinajstić information content (AvgIpc) is 2.47. The van der Waals surface area contributed by atoms with Crippen molar-refractivity contribution < 1.29 is 9.15 Å². The Hall–Kier alpha value is -1.42. The second kappa shape index (κ2) is 3.06. The monoisotopic (exact) mass is 212 g/mol. The van der Waals surface area contributed by atoms with E-state index < -0.39 is 0 Å².